The first-order chi connectivity index (χ1) is 9.38. The van der Waals surface area contributed by atoms with Crippen LogP contribution in [0.3, 0.4) is 0 Å². The Morgan fingerprint density at radius 3 is 2.74 bits per heavy atom. The van der Waals surface area contributed by atoms with Gasteiger partial charge in [0.1, 0.15) is 0 Å². The van der Waals surface area contributed by atoms with E-state index in [9.17, 15) is 0 Å². The molecule has 0 saturated heterocycles. The Labute approximate surface area is 122 Å². The fourth-order valence-electron chi connectivity index (χ4n) is 2.11. The SMILES string of the molecule is C#CCSCCNC(CCCCC)c1ccccc1. The smallest absolute Gasteiger partial charge is 0.0545 e. The summed E-state index contributed by atoms with van der Waals surface area (Å²) in [6.07, 6.45) is 10.4. The molecule has 0 spiro atoms. The molecule has 0 aliphatic heterocycles. The monoisotopic (exact) mass is 275 g/mol. The van der Waals surface area contributed by atoms with E-state index < -0.39 is 0 Å². The first-order valence-corrected chi connectivity index (χ1v) is 8.33. The van der Waals surface area contributed by atoms with Crippen molar-refractivity contribution in [2.75, 3.05) is 18.1 Å². The van der Waals surface area contributed by atoms with Crippen LogP contribution in [0.1, 0.15) is 44.2 Å². The summed E-state index contributed by atoms with van der Waals surface area (Å²) in [7, 11) is 0. The summed E-state index contributed by atoms with van der Waals surface area (Å²) in [6.45, 7) is 3.28. The average Bonchev–Trinajstić information content (AvgIpc) is 2.46. The maximum atomic E-state index is 5.25. The maximum Gasteiger partial charge on any atom is 0.0545 e. The Balaban J connectivity index is 2.39. The number of hydrogen-bond donors (Lipinski definition) is 1. The predicted molar refractivity (Wildman–Crippen MR) is 87.5 cm³/mol. The molecule has 0 fully saturated rings. The van der Waals surface area contributed by atoms with E-state index in [0.717, 1.165) is 18.1 Å². The highest BCUT2D eigenvalue weighted by molar-refractivity contribution is 7.99. The molecule has 1 rings (SSSR count). The van der Waals surface area contributed by atoms with E-state index in [2.05, 4.69) is 48.5 Å². The zero-order chi connectivity index (χ0) is 13.8. The van der Waals surface area contributed by atoms with Crippen molar-refractivity contribution in [1.29, 1.82) is 0 Å². The molecule has 0 aromatic heterocycles. The normalized spacial score (nSPS) is 12.0. The molecule has 0 radical (unpaired) electrons. The molecule has 0 bridgehead atoms. The summed E-state index contributed by atoms with van der Waals surface area (Å²) >= 11 is 1.82. The van der Waals surface area contributed by atoms with Gasteiger partial charge in [0.25, 0.3) is 0 Å². The topological polar surface area (TPSA) is 12.0 Å². The van der Waals surface area contributed by atoms with E-state index >= 15 is 0 Å². The fourth-order valence-corrected chi connectivity index (χ4v) is 2.63. The van der Waals surface area contributed by atoms with Crippen LogP contribution in [0.4, 0.5) is 0 Å². The van der Waals surface area contributed by atoms with Gasteiger partial charge >= 0.3 is 0 Å². The van der Waals surface area contributed by atoms with Crippen molar-refractivity contribution >= 4 is 11.8 Å². The van der Waals surface area contributed by atoms with Crippen molar-refractivity contribution < 1.29 is 0 Å². The highest BCUT2D eigenvalue weighted by atomic mass is 32.2. The van der Waals surface area contributed by atoms with Gasteiger partial charge in [-0.15, -0.1) is 18.2 Å². The van der Waals surface area contributed by atoms with Crippen LogP contribution in [-0.4, -0.2) is 18.1 Å². The van der Waals surface area contributed by atoms with Gasteiger partial charge in [-0.3, -0.25) is 0 Å². The lowest BCUT2D eigenvalue weighted by atomic mass is 10.0. The zero-order valence-corrected chi connectivity index (χ0v) is 12.7. The minimum absolute atomic E-state index is 0.485. The Bertz CT molecular complexity index is 355. The van der Waals surface area contributed by atoms with Gasteiger partial charge < -0.3 is 5.32 Å². The van der Waals surface area contributed by atoms with E-state index in [1.807, 2.05) is 11.8 Å². The number of benzene rings is 1. The molecule has 0 aliphatic rings. The molecule has 1 unspecified atom stereocenters. The number of nitrogens with one attached hydrogen (secondary N) is 1. The molecule has 1 N–H and O–H groups in total. The van der Waals surface area contributed by atoms with Gasteiger partial charge in [0.05, 0.1) is 5.75 Å². The van der Waals surface area contributed by atoms with Gasteiger partial charge in [-0.1, -0.05) is 62.4 Å². The molecule has 1 nitrogen and oxygen atoms in total. The molecule has 1 aromatic carbocycles. The lowest BCUT2D eigenvalue weighted by Crippen LogP contribution is -2.24. The third-order valence-electron chi connectivity index (χ3n) is 3.12. The van der Waals surface area contributed by atoms with Crippen molar-refractivity contribution in [1.82, 2.24) is 5.32 Å². The Hall–Kier alpha value is -0.910. The van der Waals surface area contributed by atoms with Gasteiger partial charge in [0.15, 0.2) is 0 Å². The first kappa shape index (κ1) is 16.1. The van der Waals surface area contributed by atoms with Crippen LogP contribution in [0.2, 0.25) is 0 Å². The Kier molecular flexibility index (Phi) is 9.32. The van der Waals surface area contributed by atoms with E-state index in [0.29, 0.717) is 6.04 Å². The van der Waals surface area contributed by atoms with E-state index in [1.165, 1.54) is 31.2 Å². The number of unbranched alkanes of at least 4 members (excludes halogenated alkanes) is 2. The second-order valence-electron chi connectivity index (χ2n) is 4.67. The molecule has 0 aliphatic carbocycles. The summed E-state index contributed by atoms with van der Waals surface area (Å²) < 4.78 is 0. The molecule has 2 heteroatoms. The quantitative estimate of drug-likeness (QED) is 0.506. The van der Waals surface area contributed by atoms with Crippen LogP contribution in [0, 0.1) is 12.3 Å². The first-order valence-electron chi connectivity index (χ1n) is 7.18. The predicted octanol–water partition coefficient (Wildman–Crippen LogP) is 4.26. The van der Waals surface area contributed by atoms with Crippen molar-refractivity contribution in [3.8, 4) is 12.3 Å². The van der Waals surface area contributed by atoms with Gasteiger partial charge in [-0.2, -0.15) is 0 Å². The van der Waals surface area contributed by atoms with Crippen LogP contribution >= 0.6 is 11.8 Å². The number of thioether (sulfide) groups is 1. The molecule has 19 heavy (non-hydrogen) atoms. The van der Waals surface area contributed by atoms with E-state index in [1.54, 1.807) is 0 Å². The average molecular weight is 275 g/mol. The molecule has 0 heterocycles. The summed E-state index contributed by atoms with van der Waals surface area (Å²) in [5, 5.41) is 3.66. The molecule has 1 atom stereocenters. The lowest BCUT2D eigenvalue weighted by molar-refractivity contribution is 0.488. The van der Waals surface area contributed by atoms with Crippen LogP contribution in [0.15, 0.2) is 30.3 Å². The summed E-state index contributed by atoms with van der Waals surface area (Å²) in [6, 6.07) is 11.2. The molecular formula is C17H25NS. The van der Waals surface area contributed by atoms with Gasteiger partial charge in [-0.05, 0) is 12.0 Å². The van der Waals surface area contributed by atoms with Crippen LogP contribution in [-0.2, 0) is 0 Å². The van der Waals surface area contributed by atoms with Gasteiger partial charge in [-0.25, -0.2) is 0 Å². The fraction of sp³-hybridized carbons (Fsp3) is 0.529. The Morgan fingerprint density at radius 1 is 1.26 bits per heavy atom. The second-order valence-corrected chi connectivity index (χ2v) is 5.78. The van der Waals surface area contributed by atoms with Crippen molar-refractivity contribution in [2.45, 2.75) is 38.6 Å². The van der Waals surface area contributed by atoms with E-state index in [-0.39, 0.29) is 0 Å². The highest BCUT2D eigenvalue weighted by Gasteiger charge is 2.09. The third-order valence-corrected chi connectivity index (χ3v) is 3.98. The van der Waals surface area contributed by atoms with Crippen LogP contribution in [0.25, 0.3) is 0 Å². The molecule has 0 saturated carbocycles. The standard InChI is InChI=1S/C17H25NS/c1-3-5-7-12-17(16-10-8-6-9-11-16)18-13-15-19-14-4-2/h2,6,8-11,17-18H,3,5,7,12-15H2,1H3. The van der Waals surface area contributed by atoms with Crippen LogP contribution < -0.4 is 5.32 Å². The van der Waals surface area contributed by atoms with Crippen molar-refractivity contribution in [3.63, 3.8) is 0 Å². The lowest BCUT2D eigenvalue weighted by Gasteiger charge is -2.19. The third kappa shape index (κ3) is 7.30. The molecular weight excluding hydrogens is 250 g/mol. The number of rotatable bonds is 10. The van der Waals surface area contributed by atoms with E-state index in [4.69, 9.17) is 6.42 Å². The zero-order valence-electron chi connectivity index (χ0n) is 11.9. The molecule has 1 aromatic rings. The summed E-state index contributed by atoms with van der Waals surface area (Å²) in [5.41, 5.74) is 1.40. The second kappa shape index (κ2) is 11.0. The summed E-state index contributed by atoms with van der Waals surface area (Å²) in [5.74, 6) is 4.56. The molecule has 0 amide bonds. The largest absolute Gasteiger partial charge is 0.309 e. The number of hydrogen-bond acceptors (Lipinski definition) is 2. The summed E-state index contributed by atoms with van der Waals surface area (Å²) in [4.78, 5) is 0. The van der Waals surface area contributed by atoms with Crippen LogP contribution in [0.5, 0.6) is 0 Å². The highest BCUT2D eigenvalue weighted by Crippen LogP contribution is 2.19. The van der Waals surface area contributed by atoms with Gasteiger partial charge in [0, 0.05) is 18.3 Å². The van der Waals surface area contributed by atoms with Gasteiger partial charge in [0.2, 0.25) is 0 Å². The molecule has 104 valence electrons. The van der Waals surface area contributed by atoms with Crippen molar-refractivity contribution in [2.24, 2.45) is 0 Å². The van der Waals surface area contributed by atoms with Crippen molar-refractivity contribution in [3.05, 3.63) is 35.9 Å². The minimum atomic E-state index is 0.485. The number of terminal acetylenes is 1. The Morgan fingerprint density at radius 2 is 2.05 bits per heavy atom. The maximum absolute atomic E-state index is 5.25. The minimum Gasteiger partial charge on any atom is -0.309 e.